The monoisotopic (exact) mass is 391 g/mol. The Kier molecular flexibility index (Phi) is 7.18. The van der Waals surface area contributed by atoms with Gasteiger partial charge in [0.05, 0.1) is 11.2 Å². The average molecular weight is 392 g/mol. The van der Waals surface area contributed by atoms with E-state index in [0.717, 1.165) is 16.8 Å². The molecule has 136 valence electrons. The number of hydrogen-bond donors (Lipinski definition) is 2. The molecular weight excluding hydrogens is 373 g/mol. The first-order valence-electron chi connectivity index (χ1n) is 7.99. The third-order valence-electron chi connectivity index (χ3n) is 3.59. The number of hydrogen-bond acceptors (Lipinski definition) is 3. The zero-order valence-electron chi connectivity index (χ0n) is 14.5. The van der Waals surface area contributed by atoms with E-state index < -0.39 is 0 Å². The number of hydrazone groups is 1. The summed E-state index contributed by atoms with van der Waals surface area (Å²) < 4.78 is 0. The van der Waals surface area contributed by atoms with Gasteiger partial charge in [0.1, 0.15) is 0 Å². The molecule has 0 atom stereocenters. The second-order valence-electron chi connectivity index (χ2n) is 5.83. The molecule has 26 heavy (non-hydrogen) atoms. The number of aryl methyl sites for hydroxylation is 2. The molecule has 0 aliphatic heterocycles. The van der Waals surface area contributed by atoms with Crippen molar-refractivity contribution in [1.82, 2.24) is 5.43 Å². The minimum Gasteiger partial charge on any atom is -0.326 e. The summed E-state index contributed by atoms with van der Waals surface area (Å²) in [7, 11) is 0. The molecular formula is C19H19Cl2N3O2. The lowest BCUT2D eigenvalue weighted by molar-refractivity contribution is -0.124. The van der Waals surface area contributed by atoms with E-state index in [2.05, 4.69) is 15.8 Å². The summed E-state index contributed by atoms with van der Waals surface area (Å²) in [4.78, 5) is 23.7. The number of benzene rings is 2. The van der Waals surface area contributed by atoms with E-state index in [4.69, 9.17) is 23.2 Å². The van der Waals surface area contributed by atoms with Gasteiger partial charge in [0.25, 0.3) is 0 Å². The van der Waals surface area contributed by atoms with Gasteiger partial charge in [-0.3, -0.25) is 9.59 Å². The van der Waals surface area contributed by atoms with Crippen LogP contribution in [0.15, 0.2) is 41.5 Å². The number of anilines is 1. The van der Waals surface area contributed by atoms with Crippen LogP contribution in [0.2, 0.25) is 10.0 Å². The molecule has 7 heteroatoms. The normalized spacial score (nSPS) is 10.8. The summed E-state index contributed by atoms with van der Waals surface area (Å²) in [6.45, 7) is 3.91. The lowest BCUT2D eigenvalue weighted by Gasteiger charge is -2.08. The zero-order valence-corrected chi connectivity index (χ0v) is 16.0. The Bertz CT molecular complexity index is 851. The van der Waals surface area contributed by atoms with Crippen LogP contribution >= 0.6 is 23.2 Å². The van der Waals surface area contributed by atoms with Gasteiger partial charge >= 0.3 is 0 Å². The van der Waals surface area contributed by atoms with Crippen LogP contribution in [0, 0.1) is 13.8 Å². The number of halogens is 2. The van der Waals surface area contributed by atoms with Gasteiger partial charge in [-0.1, -0.05) is 47.0 Å². The van der Waals surface area contributed by atoms with Crippen LogP contribution in [0.5, 0.6) is 0 Å². The maximum atomic E-state index is 12.0. The number of nitrogens with one attached hydrogen (secondary N) is 2. The van der Waals surface area contributed by atoms with Crippen molar-refractivity contribution in [1.29, 1.82) is 0 Å². The van der Waals surface area contributed by atoms with Gasteiger partial charge in [-0.05, 0) is 37.6 Å². The Morgan fingerprint density at radius 2 is 1.77 bits per heavy atom. The third-order valence-corrected chi connectivity index (χ3v) is 4.15. The molecule has 0 saturated carbocycles. The predicted molar refractivity (Wildman–Crippen MR) is 106 cm³/mol. The number of nitrogens with zero attached hydrogens (tertiary/aromatic N) is 1. The molecule has 0 radical (unpaired) electrons. The van der Waals surface area contributed by atoms with Crippen LogP contribution in [0.1, 0.15) is 29.5 Å². The fraction of sp³-hybridized carbons (Fsp3) is 0.211. The summed E-state index contributed by atoms with van der Waals surface area (Å²) in [5, 5.41) is 7.59. The summed E-state index contributed by atoms with van der Waals surface area (Å²) in [6.07, 6.45) is 1.52. The largest absolute Gasteiger partial charge is 0.326 e. The Labute approximate surface area is 162 Å². The Morgan fingerprint density at radius 3 is 2.46 bits per heavy atom. The van der Waals surface area contributed by atoms with Crippen LogP contribution in [0.3, 0.4) is 0 Å². The first-order valence-corrected chi connectivity index (χ1v) is 8.75. The molecule has 0 spiro atoms. The van der Waals surface area contributed by atoms with E-state index in [0.29, 0.717) is 15.6 Å². The fourth-order valence-corrected chi connectivity index (χ4v) is 2.69. The van der Waals surface area contributed by atoms with E-state index in [9.17, 15) is 9.59 Å². The van der Waals surface area contributed by atoms with Gasteiger partial charge in [-0.25, -0.2) is 5.43 Å². The quantitative estimate of drug-likeness (QED) is 0.562. The second kappa shape index (κ2) is 9.36. The maximum Gasteiger partial charge on any atom is 0.240 e. The first kappa shape index (κ1) is 19.9. The van der Waals surface area contributed by atoms with Gasteiger partial charge in [0, 0.05) is 29.1 Å². The van der Waals surface area contributed by atoms with Crippen molar-refractivity contribution in [3.8, 4) is 0 Å². The minimum atomic E-state index is -0.359. The standard InChI is InChI=1S/C19H19Cl2N3O2/c1-12-3-6-17(13(2)9-12)23-18(25)7-8-19(26)24-22-11-14-4-5-15(20)10-16(14)21/h3-6,9-11H,7-8H2,1-2H3,(H,23,25)(H,24,26). The van der Waals surface area contributed by atoms with E-state index >= 15 is 0 Å². The van der Waals surface area contributed by atoms with Crippen molar-refractivity contribution in [2.24, 2.45) is 5.10 Å². The van der Waals surface area contributed by atoms with E-state index in [1.165, 1.54) is 6.21 Å². The maximum absolute atomic E-state index is 12.0. The lowest BCUT2D eigenvalue weighted by Crippen LogP contribution is -2.20. The number of rotatable bonds is 6. The highest BCUT2D eigenvalue weighted by Gasteiger charge is 2.08. The first-order chi connectivity index (χ1) is 12.3. The van der Waals surface area contributed by atoms with E-state index in [1.54, 1.807) is 18.2 Å². The van der Waals surface area contributed by atoms with E-state index in [-0.39, 0.29) is 24.7 Å². The van der Waals surface area contributed by atoms with Crippen molar-refractivity contribution < 1.29 is 9.59 Å². The summed E-state index contributed by atoms with van der Waals surface area (Å²) in [6, 6.07) is 10.7. The molecule has 0 heterocycles. The number of amides is 2. The molecule has 0 aromatic heterocycles. The van der Waals surface area contributed by atoms with Crippen LogP contribution in [0.25, 0.3) is 0 Å². The smallest absolute Gasteiger partial charge is 0.240 e. The number of carbonyl (C=O) groups excluding carboxylic acids is 2. The molecule has 0 bridgehead atoms. The predicted octanol–water partition coefficient (Wildman–Crippen LogP) is 4.48. The van der Waals surface area contributed by atoms with Crippen molar-refractivity contribution in [2.45, 2.75) is 26.7 Å². The number of carbonyl (C=O) groups is 2. The summed E-state index contributed by atoms with van der Waals surface area (Å²) in [5.41, 5.74) is 5.85. The Balaban J connectivity index is 1.79. The van der Waals surface area contributed by atoms with Crippen molar-refractivity contribution in [2.75, 3.05) is 5.32 Å². The van der Waals surface area contributed by atoms with Gasteiger partial charge in [0.15, 0.2) is 0 Å². The Morgan fingerprint density at radius 1 is 1.04 bits per heavy atom. The van der Waals surface area contributed by atoms with Crippen LogP contribution in [-0.4, -0.2) is 18.0 Å². The van der Waals surface area contributed by atoms with Gasteiger partial charge in [-0.15, -0.1) is 0 Å². The van der Waals surface area contributed by atoms with Crippen molar-refractivity contribution >= 4 is 46.9 Å². The minimum absolute atomic E-state index is 0.0302. The highest BCUT2D eigenvalue weighted by atomic mass is 35.5. The molecule has 2 rings (SSSR count). The molecule has 0 aliphatic rings. The van der Waals surface area contributed by atoms with Crippen LogP contribution < -0.4 is 10.7 Å². The average Bonchev–Trinajstić information content (AvgIpc) is 2.57. The Hall–Kier alpha value is -2.37. The molecule has 2 aromatic rings. The highest BCUT2D eigenvalue weighted by molar-refractivity contribution is 6.36. The van der Waals surface area contributed by atoms with E-state index in [1.807, 2.05) is 32.0 Å². The fourth-order valence-electron chi connectivity index (χ4n) is 2.23. The third kappa shape index (κ3) is 6.17. The molecule has 2 amide bonds. The summed E-state index contributed by atoms with van der Waals surface area (Å²) in [5.74, 6) is -0.584. The van der Waals surface area contributed by atoms with Crippen molar-refractivity contribution in [3.63, 3.8) is 0 Å². The molecule has 5 nitrogen and oxygen atoms in total. The highest BCUT2D eigenvalue weighted by Crippen LogP contribution is 2.19. The molecule has 2 aromatic carbocycles. The van der Waals surface area contributed by atoms with Gasteiger partial charge < -0.3 is 5.32 Å². The SMILES string of the molecule is Cc1ccc(NC(=O)CCC(=O)NN=Cc2ccc(Cl)cc2Cl)c(C)c1. The summed E-state index contributed by atoms with van der Waals surface area (Å²) >= 11 is 11.8. The topological polar surface area (TPSA) is 70.6 Å². The molecule has 0 unspecified atom stereocenters. The second-order valence-corrected chi connectivity index (χ2v) is 6.67. The molecule has 0 fully saturated rings. The lowest BCUT2D eigenvalue weighted by atomic mass is 10.1. The molecule has 0 aliphatic carbocycles. The van der Waals surface area contributed by atoms with Gasteiger partial charge in [0.2, 0.25) is 11.8 Å². The van der Waals surface area contributed by atoms with Gasteiger partial charge in [-0.2, -0.15) is 5.10 Å². The molecule has 2 N–H and O–H groups in total. The van der Waals surface area contributed by atoms with Crippen LogP contribution in [0.4, 0.5) is 5.69 Å². The van der Waals surface area contributed by atoms with Crippen molar-refractivity contribution in [3.05, 3.63) is 63.1 Å². The molecule has 0 saturated heterocycles. The zero-order chi connectivity index (χ0) is 19.1. The van der Waals surface area contributed by atoms with Crippen LogP contribution in [-0.2, 0) is 9.59 Å².